The lowest BCUT2D eigenvalue weighted by Crippen LogP contribution is -2.45. The number of para-hydroxylation sites is 2. The van der Waals surface area contributed by atoms with Crippen LogP contribution in [0.4, 0.5) is 18.9 Å². The topological polar surface area (TPSA) is 41.6 Å². The van der Waals surface area contributed by atoms with E-state index in [1.807, 2.05) is 12.2 Å². The van der Waals surface area contributed by atoms with Crippen molar-refractivity contribution in [2.24, 2.45) is 0 Å². The highest BCUT2D eigenvalue weighted by Crippen LogP contribution is 2.32. The van der Waals surface area contributed by atoms with E-state index in [1.54, 1.807) is 29.2 Å². The number of nitrogens with zero attached hydrogens (tertiary/aromatic N) is 1. The average Bonchev–Trinajstić information content (AvgIpc) is 2.35. The zero-order chi connectivity index (χ0) is 14.8. The zero-order valence-corrected chi connectivity index (χ0v) is 10.9. The molecule has 4 nitrogen and oxygen atoms in total. The van der Waals surface area contributed by atoms with Gasteiger partial charge in [0, 0.05) is 0 Å². The van der Waals surface area contributed by atoms with Crippen LogP contribution in [0.25, 0.3) is 0 Å². The molecule has 1 atom stereocenters. The largest absolute Gasteiger partial charge is 0.487 e. The first kappa shape index (κ1) is 14.5. The van der Waals surface area contributed by atoms with Crippen molar-refractivity contribution >= 4 is 11.6 Å². The Balaban J connectivity index is 2.01. The molecule has 0 saturated carbocycles. The van der Waals surface area contributed by atoms with Crippen molar-refractivity contribution in [2.75, 3.05) is 24.5 Å². The molecule has 0 bridgehead atoms. The van der Waals surface area contributed by atoms with E-state index < -0.39 is 18.6 Å². The maximum absolute atomic E-state index is 12.0. The van der Waals surface area contributed by atoms with Gasteiger partial charge in [-0.2, -0.15) is 13.2 Å². The fourth-order valence-electron chi connectivity index (χ4n) is 2.06. The number of carbonyl (C=O) groups is 1. The zero-order valence-electron chi connectivity index (χ0n) is 10.9. The molecule has 2 rings (SSSR count). The first-order chi connectivity index (χ1) is 9.35. The molecule has 7 heteroatoms. The molecular formula is C13H15F3N2O2. The Morgan fingerprint density at radius 2 is 2.15 bits per heavy atom. The van der Waals surface area contributed by atoms with Crippen molar-refractivity contribution < 1.29 is 22.7 Å². The van der Waals surface area contributed by atoms with Crippen molar-refractivity contribution in [3.05, 3.63) is 24.3 Å². The standard InChI is InChI=1S/C13H15F3N2O2/c1-9-6-18(7-12(19)17-8-13(14,15)16)10-4-2-3-5-11(10)20-9/h2-5,9H,6-8H2,1H3,(H,17,19)/t9-/m0/s1. The third-order valence-electron chi connectivity index (χ3n) is 2.83. The van der Waals surface area contributed by atoms with Gasteiger partial charge >= 0.3 is 6.18 Å². The molecule has 0 aromatic heterocycles. The first-order valence-corrected chi connectivity index (χ1v) is 6.19. The first-order valence-electron chi connectivity index (χ1n) is 6.19. The van der Waals surface area contributed by atoms with Gasteiger partial charge in [-0.25, -0.2) is 0 Å². The number of alkyl halides is 3. The summed E-state index contributed by atoms with van der Waals surface area (Å²) in [6.45, 7) is 0.862. The summed E-state index contributed by atoms with van der Waals surface area (Å²) in [6.07, 6.45) is -4.52. The predicted octanol–water partition coefficient (Wildman–Crippen LogP) is 1.95. The van der Waals surface area contributed by atoms with Crippen LogP contribution in [0.15, 0.2) is 24.3 Å². The molecule has 0 aliphatic carbocycles. The second kappa shape index (κ2) is 5.60. The molecule has 1 aliphatic heterocycles. The Labute approximate surface area is 114 Å². The number of anilines is 1. The van der Waals surface area contributed by atoms with E-state index in [1.165, 1.54) is 0 Å². The summed E-state index contributed by atoms with van der Waals surface area (Å²) in [4.78, 5) is 13.3. The van der Waals surface area contributed by atoms with Crippen molar-refractivity contribution in [1.29, 1.82) is 0 Å². The lowest BCUT2D eigenvalue weighted by Gasteiger charge is -2.34. The van der Waals surface area contributed by atoms with Crippen LogP contribution in [-0.4, -0.2) is 37.8 Å². The molecule has 1 aliphatic rings. The molecule has 1 heterocycles. The molecule has 0 spiro atoms. The van der Waals surface area contributed by atoms with Crippen LogP contribution < -0.4 is 15.0 Å². The number of carbonyl (C=O) groups excluding carboxylic acids is 1. The maximum Gasteiger partial charge on any atom is 0.405 e. The number of amides is 1. The Kier molecular flexibility index (Phi) is 4.06. The predicted molar refractivity (Wildman–Crippen MR) is 67.8 cm³/mol. The lowest BCUT2D eigenvalue weighted by atomic mass is 10.2. The monoisotopic (exact) mass is 288 g/mol. The Bertz CT molecular complexity index is 491. The fourth-order valence-corrected chi connectivity index (χ4v) is 2.06. The molecule has 0 fully saturated rings. The van der Waals surface area contributed by atoms with E-state index in [9.17, 15) is 18.0 Å². The molecule has 0 radical (unpaired) electrons. The number of nitrogens with one attached hydrogen (secondary N) is 1. The van der Waals surface area contributed by atoms with Crippen LogP contribution in [0.2, 0.25) is 0 Å². The number of halogens is 3. The molecule has 1 aromatic carbocycles. The fraction of sp³-hybridized carbons (Fsp3) is 0.462. The number of fused-ring (bicyclic) bond motifs is 1. The third-order valence-corrected chi connectivity index (χ3v) is 2.83. The van der Waals surface area contributed by atoms with E-state index in [2.05, 4.69) is 0 Å². The normalized spacial score (nSPS) is 18.2. The second-order valence-electron chi connectivity index (χ2n) is 4.67. The van der Waals surface area contributed by atoms with Gasteiger partial charge in [0.15, 0.2) is 0 Å². The Morgan fingerprint density at radius 3 is 2.85 bits per heavy atom. The minimum absolute atomic E-state index is 0.124. The van der Waals surface area contributed by atoms with Crippen LogP contribution in [0.1, 0.15) is 6.92 Å². The van der Waals surface area contributed by atoms with E-state index in [0.29, 0.717) is 18.0 Å². The highest BCUT2D eigenvalue weighted by atomic mass is 19.4. The molecular weight excluding hydrogens is 273 g/mol. The van der Waals surface area contributed by atoms with E-state index in [-0.39, 0.29) is 12.6 Å². The van der Waals surface area contributed by atoms with Gasteiger partial charge in [-0.15, -0.1) is 0 Å². The molecule has 0 saturated heterocycles. The number of benzene rings is 1. The summed E-state index contributed by atoms with van der Waals surface area (Å²) < 4.78 is 41.7. The molecule has 1 amide bonds. The van der Waals surface area contributed by atoms with Gasteiger partial charge in [0.25, 0.3) is 0 Å². The van der Waals surface area contributed by atoms with Crippen LogP contribution in [0.3, 0.4) is 0 Å². The summed E-state index contributed by atoms with van der Waals surface area (Å²) >= 11 is 0. The van der Waals surface area contributed by atoms with Crippen molar-refractivity contribution in [2.45, 2.75) is 19.2 Å². The maximum atomic E-state index is 12.0. The Hall–Kier alpha value is -1.92. The van der Waals surface area contributed by atoms with Crippen molar-refractivity contribution in [3.63, 3.8) is 0 Å². The Morgan fingerprint density at radius 1 is 1.45 bits per heavy atom. The van der Waals surface area contributed by atoms with Crippen LogP contribution in [-0.2, 0) is 4.79 Å². The van der Waals surface area contributed by atoms with E-state index in [4.69, 9.17) is 4.74 Å². The van der Waals surface area contributed by atoms with Crippen molar-refractivity contribution in [3.8, 4) is 5.75 Å². The third kappa shape index (κ3) is 3.79. The summed E-state index contributed by atoms with van der Waals surface area (Å²) in [5.41, 5.74) is 0.716. The van der Waals surface area contributed by atoms with Gasteiger partial charge in [0.1, 0.15) is 18.4 Å². The summed E-state index contributed by atoms with van der Waals surface area (Å²) in [5.74, 6) is -0.0268. The highest BCUT2D eigenvalue weighted by Gasteiger charge is 2.29. The van der Waals surface area contributed by atoms with Crippen LogP contribution >= 0.6 is 0 Å². The van der Waals surface area contributed by atoms with E-state index >= 15 is 0 Å². The average molecular weight is 288 g/mol. The number of hydrogen-bond acceptors (Lipinski definition) is 3. The quantitative estimate of drug-likeness (QED) is 0.924. The summed E-state index contributed by atoms with van der Waals surface area (Å²) in [7, 11) is 0. The van der Waals surface area contributed by atoms with Gasteiger partial charge in [-0.1, -0.05) is 12.1 Å². The number of rotatable bonds is 3. The molecule has 0 unspecified atom stereocenters. The van der Waals surface area contributed by atoms with Gasteiger partial charge in [-0.05, 0) is 19.1 Å². The number of ether oxygens (including phenoxy) is 1. The van der Waals surface area contributed by atoms with Gasteiger partial charge in [0.05, 0.1) is 18.8 Å². The van der Waals surface area contributed by atoms with Crippen molar-refractivity contribution in [1.82, 2.24) is 5.32 Å². The molecule has 1 aromatic rings. The van der Waals surface area contributed by atoms with Crippen LogP contribution in [0.5, 0.6) is 5.75 Å². The smallest absolute Gasteiger partial charge is 0.405 e. The lowest BCUT2D eigenvalue weighted by molar-refractivity contribution is -0.137. The minimum Gasteiger partial charge on any atom is -0.487 e. The molecule has 110 valence electrons. The van der Waals surface area contributed by atoms with Gasteiger partial charge < -0.3 is 15.0 Å². The molecule has 20 heavy (non-hydrogen) atoms. The highest BCUT2D eigenvalue weighted by molar-refractivity contribution is 5.82. The van der Waals surface area contributed by atoms with Gasteiger partial charge in [-0.3, -0.25) is 4.79 Å². The SMILES string of the molecule is C[C@H]1CN(CC(=O)NCC(F)(F)F)c2ccccc2O1. The second-order valence-corrected chi connectivity index (χ2v) is 4.67. The van der Waals surface area contributed by atoms with Crippen LogP contribution in [0, 0.1) is 0 Å². The minimum atomic E-state index is -4.40. The number of hydrogen-bond donors (Lipinski definition) is 1. The van der Waals surface area contributed by atoms with E-state index in [0.717, 1.165) is 0 Å². The summed E-state index contributed by atoms with van der Waals surface area (Å²) in [6, 6.07) is 7.14. The van der Waals surface area contributed by atoms with Gasteiger partial charge in [0.2, 0.25) is 5.91 Å². The molecule has 1 N–H and O–H groups in total. The summed E-state index contributed by atoms with van der Waals surface area (Å²) in [5, 5.41) is 1.87.